The lowest BCUT2D eigenvalue weighted by molar-refractivity contribution is 0.0937. The number of amides is 1. The fourth-order valence-corrected chi connectivity index (χ4v) is 1.24. The average Bonchev–Trinajstić information content (AvgIpc) is 2.74. The minimum absolute atomic E-state index is 0.195. The first-order valence-electron chi connectivity index (χ1n) is 5.86. The van der Waals surface area contributed by atoms with Gasteiger partial charge >= 0.3 is 0 Å². The first-order chi connectivity index (χ1) is 7.67. The Morgan fingerprint density at radius 2 is 2.25 bits per heavy atom. The largest absolute Gasteiger partial charge is 0.349 e. The predicted octanol–water partition coefficient (Wildman–Crippen LogP) is 1.53. The number of nitrogens with zero attached hydrogens (tertiary/aromatic N) is 2. The van der Waals surface area contributed by atoms with Gasteiger partial charge < -0.3 is 5.32 Å². The Kier molecular flexibility index (Phi) is 4.95. The Balaban J connectivity index is 2.46. The van der Waals surface area contributed by atoms with E-state index in [1.54, 1.807) is 0 Å². The molecule has 0 aliphatic carbocycles. The molecule has 0 fully saturated rings. The van der Waals surface area contributed by atoms with Gasteiger partial charge in [0, 0.05) is 13.0 Å². The zero-order chi connectivity index (χ0) is 12.0. The highest BCUT2D eigenvalue weighted by Gasteiger charge is 2.12. The summed E-state index contributed by atoms with van der Waals surface area (Å²) in [5.74, 6) is 1.31. The molecule has 0 aromatic carbocycles. The number of hydrogen-bond donors (Lipinski definition) is 2. The molecular formula is C11H20N4O. The molecule has 0 spiro atoms. The molecule has 1 aromatic heterocycles. The molecule has 90 valence electrons. The maximum atomic E-state index is 11.6. The summed E-state index contributed by atoms with van der Waals surface area (Å²) >= 11 is 0. The molecule has 1 amide bonds. The summed E-state index contributed by atoms with van der Waals surface area (Å²) in [7, 11) is 0. The van der Waals surface area contributed by atoms with Gasteiger partial charge in [0.2, 0.25) is 5.82 Å². The van der Waals surface area contributed by atoms with Crippen LogP contribution in [0.4, 0.5) is 0 Å². The van der Waals surface area contributed by atoms with Gasteiger partial charge in [0.05, 0.1) is 0 Å². The summed E-state index contributed by atoms with van der Waals surface area (Å²) in [6.07, 6.45) is 2.87. The molecular weight excluding hydrogens is 204 g/mol. The van der Waals surface area contributed by atoms with Gasteiger partial charge in [0.25, 0.3) is 5.91 Å². The van der Waals surface area contributed by atoms with E-state index < -0.39 is 0 Å². The molecule has 5 heteroatoms. The van der Waals surface area contributed by atoms with Gasteiger partial charge in [0.15, 0.2) is 0 Å². The van der Waals surface area contributed by atoms with Gasteiger partial charge in [0.1, 0.15) is 5.82 Å². The van der Waals surface area contributed by atoms with E-state index in [1.807, 2.05) is 0 Å². The minimum Gasteiger partial charge on any atom is -0.349 e. The van der Waals surface area contributed by atoms with Gasteiger partial charge in [-0.3, -0.25) is 9.89 Å². The number of aryl methyl sites for hydroxylation is 1. The molecule has 16 heavy (non-hydrogen) atoms. The van der Waals surface area contributed by atoms with E-state index in [-0.39, 0.29) is 11.7 Å². The van der Waals surface area contributed by atoms with Crippen LogP contribution in [0.1, 0.15) is 50.1 Å². The molecule has 1 heterocycles. The Morgan fingerprint density at radius 1 is 1.50 bits per heavy atom. The Morgan fingerprint density at radius 3 is 2.88 bits per heavy atom. The van der Waals surface area contributed by atoms with E-state index in [2.05, 4.69) is 41.3 Å². The third-order valence-corrected chi connectivity index (χ3v) is 2.53. The van der Waals surface area contributed by atoms with Crippen molar-refractivity contribution < 1.29 is 4.79 Å². The van der Waals surface area contributed by atoms with Crippen molar-refractivity contribution in [2.45, 2.75) is 40.0 Å². The van der Waals surface area contributed by atoms with Gasteiger partial charge in [-0.25, -0.2) is 4.98 Å². The second-order valence-corrected chi connectivity index (χ2v) is 4.08. The normalized spacial score (nSPS) is 12.4. The summed E-state index contributed by atoms with van der Waals surface area (Å²) in [5.41, 5.74) is 0. The van der Waals surface area contributed by atoms with Gasteiger partial charge in [-0.1, -0.05) is 27.2 Å². The fourth-order valence-electron chi connectivity index (χ4n) is 1.24. The Bertz CT molecular complexity index is 334. The van der Waals surface area contributed by atoms with Crippen LogP contribution in [0, 0.1) is 5.92 Å². The van der Waals surface area contributed by atoms with Crippen LogP contribution in [0.5, 0.6) is 0 Å². The molecule has 1 aromatic rings. The van der Waals surface area contributed by atoms with Crippen molar-refractivity contribution in [3.05, 3.63) is 11.6 Å². The summed E-state index contributed by atoms with van der Waals surface area (Å²) < 4.78 is 0. The molecule has 2 N–H and O–H groups in total. The van der Waals surface area contributed by atoms with Gasteiger partial charge in [-0.2, -0.15) is 0 Å². The molecule has 0 saturated carbocycles. The number of H-pyrrole nitrogens is 1. The monoisotopic (exact) mass is 224 g/mol. The summed E-state index contributed by atoms with van der Waals surface area (Å²) in [5, 5.41) is 9.48. The molecule has 0 bridgehead atoms. The summed E-state index contributed by atoms with van der Waals surface area (Å²) in [6, 6.07) is 0. The summed E-state index contributed by atoms with van der Waals surface area (Å²) in [4.78, 5) is 15.8. The molecule has 1 atom stereocenters. The third kappa shape index (κ3) is 3.64. The van der Waals surface area contributed by atoms with Crippen LogP contribution < -0.4 is 5.32 Å². The van der Waals surface area contributed by atoms with Crippen molar-refractivity contribution in [3.63, 3.8) is 0 Å². The molecule has 0 aliphatic heterocycles. The maximum absolute atomic E-state index is 11.6. The molecule has 5 nitrogen and oxygen atoms in total. The Labute approximate surface area is 96.0 Å². The van der Waals surface area contributed by atoms with E-state index in [9.17, 15) is 4.79 Å². The predicted molar refractivity (Wildman–Crippen MR) is 62.2 cm³/mol. The second kappa shape index (κ2) is 6.25. The lowest BCUT2D eigenvalue weighted by atomic mass is 10.1. The van der Waals surface area contributed by atoms with Gasteiger partial charge in [-0.05, 0) is 12.3 Å². The topological polar surface area (TPSA) is 70.7 Å². The van der Waals surface area contributed by atoms with Crippen LogP contribution in [0.2, 0.25) is 0 Å². The van der Waals surface area contributed by atoms with E-state index >= 15 is 0 Å². The van der Waals surface area contributed by atoms with Crippen molar-refractivity contribution in [1.29, 1.82) is 0 Å². The Hall–Kier alpha value is -1.39. The van der Waals surface area contributed by atoms with Crippen molar-refractivity contribution in [2.75, 3.05) is 6.54 Å². The molecule has 1 unspecified atom stereocenters. The van der Waals surface area contributed by atoms with E-state index in [0.717, 1.165) is 25.1 Å². The quantitative estimate of drug-likeness (QED) is 0.769. The first kappa shape index (κ1) is 12.7. The average molecular weight is 224 g/mol. The number of aromatic nitrogens is 3. The smallest absolute Gasteiger partial charge is 0.290 e. The third-order valence-electron chi connectivity index (χ3n) is 2.53. The van der Waals surface area contributed by atoms with Crippen LogP contribution in [-0.2, 0) is 6.42 Å². The number of carbonyl (C=O) groups is 1. The highest BCUT2D eigenvalue weighted by atomic mass is 16.2. The maximum Gasteiger partial charge on any atom is 0.290 e. The van der Waals surface area contributed by atoms with E-state index in [1.165, 1.54) is 0 Å². The first-order valence-corrected chi connectivity index (χ1v) is 5.86. The lowest BCUT2D eigenvalue weighted by Gasteiger charge is -2.07. The molecule has 0 aliphatic rings. The minimum atomic E-state index is -0.195. The van der Waals surface area contributed by atoms with Crippen molar-refractivity contribution in [3.8, 4) is 0 Å². The van der Waals surface area contributed by atoms with E-state index in [0.29, 0.717) is 12.5 Å². The van der Waals surface area contributed by atoms with Crippen molar-refractivity contribution in [1.82, 2.24) is 20.5 Å². The lowest BCUT2D eigenvalue weighted by Crippen LogP contribution is -2.28. The highest BCUT2D eigenvalue weighted by Crippen LogP contribution is 1.99. The molecule has 0 saturated heterocycles. The standard InChI is InChI=1S/C11H20N4O/c1-4-6-9-13-10(15-14-9)11(16)12-7-8(3)5-2/h8H,4-7H2,1-3H3,(H,12,16)(H,13,14,15). The SMILES string of the molecule is CCCc1nc(C(=O)NCC(C)CC)n[nH]1. The molecule has 1 rings (SSSR count). The van der Waals surface area contributed by atoms with Crippen molar-refractivity contribution in [2.24, 2.45) is 5.92 Å². The fraction of sp³-hybridized carbons (Fsp3) is 0.727. The van der Waals surface area contributed by atoms with Crippen LogP contribution in [0.25, 0.3) is 0 Å². The van der Waals surface area contributed by atoms with Gasteiger partial charge in [-0.15, -0.1) is 5.10 Å². The van der Waals surface area contributed by atoms with E-state index in [4.69, 9.17) is 0 Å². The van der Waals surface area contributed by atoms with Crippen LogP contribution in [0.3, 0.4) is 0 Å². The van der Waals surface area contributed by atoms with Crippen LogP contribution in [-0.4, -0.2) is 27.6 Å². The zero-order valence-corrected chi connectivity index (χ0v) is 10.2. The number of nitrogens with one attached hydrogen (secondary N) is 2. The zero-order valence-electron chi connectivity index (χ0n) is 10.2. The number of hydrogen-bond acceptors (Lipinski definition) is 3. The number of rotatable bonds is 6. The second-order valence-electron chi connectivity index (χ2n) is 4.08. The number of carbonyl (C=O) groups excluding carboxylic acids is 1. The highest BCUT2D eigenvalue weighted by molar-refractivity contribution is 5.90. The van der Waals surface area contributed by atoms with Crippen molar-refractivity contribution >= 4 is 5.91 Å². The van der Waals surface area contributed by atoms with Crippen LogP contribution in [0.15, 0.2) is 0 Å². The molecule has 0 radical (unpaired) electrons. The van der Waals surface area contributed by atoms with Crippen LogP contribution >= 0.6 is 0 Å². The summed E-state index contributed by atoms with van der Waals surface area (Å²) in [6.45, 7) is 6.93. The number of aromatic amines is 1.